The molecule has 0 bridgehead atoms. The minimum atomic E-state index is 0.158. The molecule has 0 atom stereocenters. The number of hydrogen-bond donors (Lipinski definition) is 2. The quantitative estimate of drug-likeness (QED) is 0.715. The summed E-state index contributed by atoms with van der Waals surface area (Å²) >= 11 is 0. The zero-order chi connectivity index (χ0) is 17.6. The lowest BCUT2D eigenvalue weighted by Gasteiger charge is -2.09. The molecule has 25 heavy (non-hydrogen) atoms. The summed E-state index contributed by atoms with van der Waals surface area (Å²) in [6.07, 6.45) is 0.959. The first kappa shape index (κ1) is 16.7. The van der Waals surface area contributed by atoms with Crippen LogP contribution in [0.3, 0.4) is 0 Å². The topological polar surface area (TPSA) is 86.0 Å². The highest BCUT2D eigenvalue weighted by Gasteiger charge is 2.06. The largest absolute Gasteiger partial charge is 0.486 e. The summed E-state index contributed by atoms with van der Waals surface area (Å²) in [5.74, 6) is 1.82. The molecule has 128 valence electrons. The number of nitrogen functional groups attached to an aromatic ring is 1. The number of aromatic nitrogens is 3. The van der Waals surface area contributed by atoms with Gasteiger partial charge in [-0.1, -0.05) is 36.8 Å². The van der Waals surface area contributed by atoms with Crippen LogP contribution in [0, 0.1) is 6.92 Å². The van der Waals surface area contributed by atoms with Crippen molar-refractivity contribution in [3.63, 3.8) is 0 Å². The van der Waals surface area contributed by atoms with Gasteiger partial charge in [-0.25, -0.2) is 0 Å². The average Bonchev–Trinajstić information content (AvgIpc) is 2.62. The van der Waals surface area contributed by atoms with Crippen molar-refractivity contribution in [1.82, 2.24) is 15.0 Å². The van der Waals surface area contributed by atoms with Crippen LogP contribution in [0.2, 0.25) is 0 Å². The Labute approximate surface area is 147 Å². The molecular weight excluding hydrogens is 314 g/mol. The molecule has 0 spiro atoms. The van der Waals surface area contributed by atoms with Crippen LogP contribution in [0.25, 0.3) is 0 Å². The summed E-state index contributed by atoms with van der Waals surface area (Å²) in [7, 11) is 0. The van der Waals surface area contributed by atoms with Crippen LogP contribution in [0.1, 0.15) is 23.9 Å². The fourth-order valence-electron chi connectivity index (χ4n) is 2.33. The number of hydrogen-bond acceptors (Lipinski definition) is 6. The molecular formula is C19H21N5O. The van der Waals surface area contributed by atoms with Crippen molar-refractivity contribution >= 4 is 17.6 Å². The van der Waals surface area contributed by atoms with E-state index in [1.807, 2.05) is 49.4 Å². The normalized spacial score (nSPS) is 10.5. The van der Waals surface area contributed by atoms with Gasteiger partial charge < -0.3 is 15.8 Å². The molecule has 1 aromatic heterocycles. The number of benzene rings is 2. The minimum Gasteiger partial charge on any atom is -0.486 e. The molecule has 0 unspecified atom stereocenters. The van der Waals surface area contributed by atoms with Crippen molar-refractivity contribution in [2.45, 2.75) is 26.9 Å². The number of nitrogens with zero attached hydrogens (tertiary/aromatic N) is 3. The third-order valence-electron chi connectivity index (χ3n) is 3.68. The maximum atomic E-state index is 5.79. The van der Waals surface area contributed by atoms with Gasteiger partial charge in [0, 0.05) is 5.69 Å². The van der Waals surface area contributed by atoms with Crippen LogP contribution >= 0.6 is 0 Å². The van der Waals surface area contributed by atoms with Crippen LogP contribution in [0.5, 0.6) is 5.75 Å². The molecule has 0 amide bonds. The van der Waals surface area contributed by atoms with E-state index in [0.29, 0.717) is 11.8 Å². The van der Waals surface area contributed by atoms with Gasteiger partial charge in [-0.2, -0.15) is 15.0 Å². The highest BCUT2D eigenvalue weighted by molar-refractivity contribution is 5.54. The Morgan fingerprint density at radius 2 is 1.84 bits per heavy atom. The van der Waals surface area contributed by atoms with Crippen molar-refractivity contribution < 1.29 is 4.74 Å². The second kappa shape index (κ2) is 7.61. The lowest BCUT2D eigenvalue weighted by molar-refractivity contribution is 0.295. The molecule has 0 saturated carbocycles. The van der Waals surface area contributed by atoms with E-state index < -0.39 is 0 Å². The Balaban J connectivity index is 1.71. The van der Waals surface area contributed by atoms with Crippen LogP contribution in [0.4, 0.5) is 17.6 Å². The summed E-state index contributed by atoms with van der Waals surface area (Å²) in [5.41, 5.74) is 9.08. The van der Waals surface area contributed by atoms with Crippen molar-refractivity contribution in [3.05, 3.63) is 65.5 Å². The van der Waals surface area contributed by atoms with Gasteiger partial charge in [0.25, 0.3) is 0 Å². The van der Waals surface area contributed by atoms with Gasteiger partial charge in [-0.15, -0.1) is 0 Å². The third-order valence-corrected chi connectivity index (χ3v) is 3.68. The van der Waals surface area contributed by atoms with E-state index in [1.165, 1.54) is 11.1 Å². The van der Waals surface area contributed by atoms with Crippen molar-refractivity contribution in [2.75, 3.05) is 11.1 Å². The van der Waals surface area contributed by atoms with Crippen molar-refractivity contribution in [1.29, 1.82) is 0 Å². The molecule has 0 radical (unpaired) electrons. The van der Waals surface area contributed by atoms with Gasteiger partial charge in [0.2, 0.25) is 11.9 Å². The smallest absolute Gasteiger partial charge is 0.232 e. The van der Waals surface area contributed by atoms with Gasteiger partial charge in [-0.3, -0.25) is 0 Å². The molecule has 0 aliphatic rings. The zero-order valence-electron chi connectivity index (χ0n) is 14.4. The predicted molar refractivity (Wildman–Crippen MR) is 98.9 cm³/mol. The van der Waals surface area contributed by atoms with E-state index in [4.69, 9.17) is 10.5 Å². The van der Waals surface area contributed by atoms with Crippen LogP contribution in [0.15, 0.2) is 48.5 Å². The average molecular weight is 335 g/mol. The monoisotopic (exact) mass is 335 g/mol. The molecule has 0 saturated heterocycles. The zero-order valence-corrected chi connectivity index (χ0v) is 14.4. The molecule has 3 aromatic rings. The second-order valence-corrected chi connectivity index (χ2v) is 5.71. The van der Waals surface area contributed by atoms with E-state index in [0.717, 1.165) is 17.9 Å². The molecule has 1 heterocycles. The highest BCUT2D eigenvalue weighted by Crippen LogP contribution is 2.17. The first-order valence-electron chi connectivity index (χ1n) is 8.18. The predicted octanol–water partition coefficient (Wildman–Crippen LogP) is 3.65. The van der Waals surface area contributed by atoms with E-state index >= 15 is 0 Å². The summed E-state index contributed by atoms with van der Waals surface area (Å²) in [6, 6.07) is 15.9. The Morgan fingerprint density at radius 1 is 1.04 bits per heavy atom. The lowest BCUT2D eigenvalue weighted by atomic mass is 10.2. The molecule has 3 rings (SSSR count). The molecule has 0 fully saturated rings. The molecule has 6 heteroatoms. The van der Waals surface area contributed by atoms with E-state index in [1.54, 1.807) is 0 Å². The first-order valence-corrected chi connectivity index (χ1v) is 8.18. The van der Waals surface area contributed by atoms with Gasteiger partial charge in [0.1, 0.15) is 12.4 Å². The molecule has 2 aromatic carbocycles. The first-order chi connectivity index (χ1) is 12.1. The number of ether oxygens (including phenoxy) is 1. The Morgan fingerprint density at radius 3 is 2.60 bits per heavy atom. The van der Waals surface area contributed by atoms with Gasteiger partial charge in [0.05, 0.1) is 0 Å². The van der Waals surface area contributed by atoms with Gasteiger partial charge in [0.15, 0.2) is 5.82 Å². The lowest BCUT2D eigenvalue weighted by Crippen LogP contribution is -2.09. The molecule has 3 N–H and O–H groups in total. The molecule has 6 nitrogen and oxygen atoms in total. The SMILES string of the molecule is CCc1cccc(OCc2nc(N)nc(Nc3ccc(C)cc3)n2)c1. The fraction of sp³-hybridized carbons (Fsp3) is 0.211. The van der Waals surface area contributed by atoms with E-state index in [2.05, 4.69) is 33.3 Å². The number of aryl methyl sites for hydroxylation is 2. The summed E-state index contributed by atoms with van der Waals surface area (Å²) in [5, 5.41) is 3.13. The molecule has 0 aliphatic heterocycles. The third kappa shape index (κ3) is 4.67. The van der Waals surface area contributed by atoms with Crippen LogP contribution in [-0.4, -0.2) is 15.0 Å². The number of nitrogens with two attached hydrogens (primary N) is 1. The molecule has 0 aliphatic carbocycles. The number of anilines is 3. The van der Waals surface area contributed by atoms with Crippen LogP contribution < -0.4 is 15.8 Å². The second-order valence-electron chi connectivity index (χ2n) is 5.71. The van der Waals surface area contributed by atoms with Crippen molar-refractivity contribution in [2.24, 2.45) is 0 Å². The summed E-state index contributed by atoms with van der Waals surface area (Å²) < 4.78 is 5.77. The maximum absolute atomic E-state index is 5.79. The highest BCUT2D eigenvalue weighted by atomic mass is 16.5. The van der Waals surface area contributed by atoms with Crippen LogP contribution in [-0.2, 0) is 13.0 Å². The fourth-order valence-corrected chi connectivity index (χ4v) is 2.33. The van der Waals surface area contributed by atoms with E-state index in [-0.39, 0.29) is 12.6 Å². The minimum absolute atomic E-state index is 0.158. The Bertz CT molecular complexity index is 849. The van der Waals surface area contributed by atoms with Crippen molar-refractivity contribution in [3.8, 4) is 5.75 Å². The number of rotatable bonds is 6. The summed E-state index contributed by atoms with van der Waals surface area (Å²) in [4.78, 5) is 12.6. The Hall–Kier alpha value is -3.15. The Kier molecular flexibility index (Phi) is 5.09. The maximum Gasteiger partial charge on any atom is 0.232 e. The van der Waals surface area contributed by atoms with Gasteiger partial charge in [-0.05, 0) is 43.2 Å². The van der Waals surface area contributed by atoms with E-state index in [9.17, 15) is 0 Å². The standard InChI is InChI=1S/C19H21N5O/c1-3-14-5-4-6-16(11-14)25-12-17-22-18(20)24-19(23-17)21-15-9-7-13(2)8-10-15/h4-11H,3,12H2,1-2H3,(H3,20,21,22,23,24). The number of nitrogens with one attached hydrogen (secondary N) is 1. The summed E-state index contributed by atoms with van der Waals surface area (Å²) in [6.45, 7) is 4.37. The van der Waals surface area contributed by atoms with Gasteiger partial charge >= 0.3 is 0 Å².